The fraction of sp³-hybridized carbons (Fsp3) is 0.917. The Bertz CT molecular complexity index is 240. The number of carbonyl (C=O) groups is 1. The Morgan fingerprint density at radius 2 is 2.12 bits per heavy atom. The number of ether oxygens (including phenoxy) is 2. The van der Waals surface area contributed by atoms with Gasteiger partial charge in [0, 0.05) is 20.3 Å². The summed E-state index contributed by atoms with van der Waals surface area (Å²) in [5.74, 6) is -0.0203. The summed E-state index contributed by atoms with van der Waals surface area (Å²) in [6.45, 7) is 6.74. The normalized spacial score (nSPS) is 20.9. The summed E-state index contributed by atoms with van der Waals surface area (Å²) < 4.78 is 10.8. The maximum atomic E-state index is 12.1. The van der Waals surface area contributed by atoms with Crippen LogP contribution in [0.4, 0.5) is 0 Å². The molecule has 0 aromatic carbocycles. The van der Waals surface area contributed by atoms with Gasteiger partial charge in [-0.05, 0) is 39.8 Å². The van der Waals surface area contributed by atoms with E-state index in [1.807, 2.05) is 13.8 Å². The second-order valence-corrected chi connectivity index (χ2v) is 4.42. The lowest BCUT2D eigenvalue weighted by molar-refractivity contribution is -0.147. The molecular weight excluding hydrogens is 220 g/mol. The van der Waals surface area contributed by atoms with Gasteiger partial charge in [-0.1, -0.05) is 0 Å². The number of rotatable bonds is 6. The van der Waals surface area contributed by atoms with Crippen LogP contribution >= 0.6 is 0 Å². The van der Waals surface area contributed by atoms with Gasteiger partial charge in [-0.3, -0.25) is 4.79 Å². The summed E-state index contributed by atoms with van der Waals surface area (Å²) in [7, 11) is 1.61. The molecule has 1 rings (SSSR count). The summed E-state index contributed by atoms with van der Waals surface area (Å²) in [6.07, 6.45) is 1.48. The average Bonchev–Trinajstić information content (AvgIpc) is 2.37. The van der Waals surface area contributed by atoms with Crippen molar-refractivity contribution in [3.8, 4) is 0 Å². The zero-order valence-corrected chi connectivity index (χ0v) is 11.0. The van der Waals surface area contributed by atoms with Gasteiger partial charge in [0.25, 0.3) is 5.91 Å². The zero-order valence-electron chi connectivity index (χ0n) is 11.0. The van der Waals surface area contributed by atoms with Crippen LogP contribution in [0, 0.1) is 0 Å². The monoisotopic (exact) mass is 244 g/mol. The highest BCUT2D eigenvalue weighted by molar-refractivity contribution is 5.85. The van der Waals surface area contributed by atoms with Crippen LogP contribution in [-0.2, 0) is 14.3 Å². The van der Waals surface area contributed by atoms with Crippen molar-refractivity contribution in [2.24, 2.45) is 0 Å². The van der Waals surface area contributed by atoms with Gasteiger partial charge in [0.05, 0.1) is 6.10 Å². The van der Waals surface area contributed by atoms with Crippen LogP contribution < -0.4 is 10.6 Å². The van der Waals surface area contributed by atoms with Crippen LogP contribution in [0.15, 0.2) is 0 Å². The molecule has 1 heterocycles. The minimum Gasteiger partial charge on any atom is -0.377 e. The van der Waals surface area contributed by atoms with Crippen LogP contribution in [0.5, 0.6) is 0 Å². The highest BCUT2D eigenvalue weighted by Crippen LogP contribution is 2.22. The summed E-state index contributed by atoms with van der Waals surface area (Å²) in [5.41, 5.74) is -0.656. The van der Waals surface area contributed by atoms with Gasteiger partial charge in [0.15, 0.2) is 0 Å². The smallest absolute Gasteiger partial charge is 0.252 e. The molecule has 0 aromatic heterocycles. The van der Waals surface area contributed by atoms with Gasteiger partial charge in [-0.15, -0.1) is 0 Å². The van der Waals surface area contributed by atoms with E-state index < -0.39 is 5.60 Å². The first-order valence-electron chi connectivity index (χ1n) is 6.30. The predicted molar refractivity (Wildman–Crippen MR) is 65.9 cm³/mol. The molecule has 1 aliphatic heterocycles. The second kappa shape index (κ2) is 6.93. The van der Waals surface area contributed by atoms with E-state index in [1.54, 1.807) is 7.11 Å². The number of carbonyl (C=O) groups excluding carboxylic acids is 1. The van der Waals surface area contributed by atoms with Crippen molar-refractivity contribution in [1.82, 2.24) is 10.6 Å². The van der Waals surface area contributed by atoms with Gasteiger partial charge in [0.1, 0.15) is 5.60 Å². The Morgan fingerprint density at radius 1 is 1.47 bits per heavy atom. The first-order valence-corrected chi connectivity index (χ1v) is 6.30. The molecule has 0 aliphatic carbocycles. The van der Waals surface area contributed by atoms with Crippen LogP contribution in [0.3, 0.4) is 0 Å². The van der Waals surface area contributed by atoms with Crippen molar-refractivity contribution < 1.29 is 14.3 Å². The Balaban J connectivity index is 2.43. The molecule has 1 aliphatic rings. The van der Waals surface area contributed by atoms with E-state index in [2.05, 4.69) is 10.6 Å². The zero-order chi connectivity index (χ0) is 12.7. The number of amides is 1. The van der Waals surface area contributed by atoms with E-state index in [0.29, 0.717) is 13.2 Å². The summed E-state index contributed by atoms with van der Waals surface area (Å²) >= 11 is 0. The molecule has 0 spiro atoms. The Hall–Kier alpha value is -0.650. The van der Waals surface area contributed by atoms with Crippen molar-refractivity contribution in [2.75, 3.05) is 33.4 Å². The fourth-order valence-corrected chi connectivity index (χ4v) is 2.10. The molecule has 0 saturated carbocycles. The molecule has 5 nitrogen and oxygen atoms in total. The Kier molecular flexibility index (Phi) is 5.88. The van der Waals surface area contributed by atoms with Crippen LogP contribution in [0.2, 0.25) is 0 Å². The molecule has 0 bridgehead atoms. The third-order valence-corrected chi connectivity index (χ3v) is 3.22. The van der Waals surface area contributed by atoms with E-state index in [4.69, 9.17) is 9.47 Å². The molecule has 1 saturated heterocycles. The lowest BCUT2D eigenvalue weighted by atomic mass is 9.91. The molecule has 2 N–H and O–H groups in total. The van der Waals surface area contributed by atoms with Gasteiger partial charge in [-0.2, -0.15) is 0 Å². The van der Waals surface area contributed by atoms with Crippen LogP contribution in [-0.4, -0.2) is 51.0 Å². The third-order valence-electron chi connectivity index (χ3n) is 3.22. The van der Waals surface area contributed by atoms with E-state index in [-0.39, 0.29) is 12.0 Å². The SMILES string of the molecule is CCOC(C)CNC(=O)C1(OC)CCNCC1. The molecule has 1 atom stereocenters. The molecule has 1 fully saturated rings. The third kappa shape index (κ3) is 3.94. The lowest BCUT2D eigenvalue weighted by Gasteiger charge is -2.35. The molecule has 0 aromatic rings. The number of hydrogen-bond donors (Lipinski definition) is 2. The Labute approximate surface area is 103 Å². The van der Waals surface area contributed by atoms with Crippen molar-refractivity contribution in [1.29, 1.82) is 0 Å². The Morgan fingerprint density at radius 3 is 2.65 bits per heavy atom. The lowest BCUT2D eigenvalue weighted by Crippen LogP contribution is -2.55. The molecule has 100 valence electrons. The maximum Gasteiger partial charge on any atom is 0.252 e. The van der Waals surface area contributed by atoms with E-state index in [1.165, 1.54) is 0 Å². The van der Waals surface area contributed by atoms with Crippen molar-refractivity contribution in [2.45, 2.75) is 38.4 Å². The number of hydrogen-bond acceptors (Lipinski definition) is 4. The van der Waals surface area contributed by atoms with Gasteiger partial charge < -0.3 is 20.1 Å². The quantitative estimate of drug-likeness (QED) is 0.705. The second-order valence-electron chi connectivity index (χ2n) is 4.42. The average molecular weight is 244 g/mol. The maximum absolute atomic E-state index is 12.1. The first-order chi connectivity index (χ1) is 8.14. The molecular formula is C12H24N2O3. The summed E-state index contributed by atoms with van der Waals surface area (Å²) in [5, 5.41) is 6.14. The van der Waals surface area contributed by atoms with Gasteiger partial charge >= 0.3 is 0 Å². The van der Waals surface area contributed by atoms with Crippen molar-refractivity contribution in [3.63, 3.8) is 0 Å². The number of piperidine rings is 1. The van der Waals surface area contributed by atoms with Crippen LogP contribution in [0.25, 0.3) is 0 Å². The minimum atomic E-state index is -0.656. The molecule has 5 heteroatoms. The predicted octanol–water partition coefficient (Wildman–Crippen LogP) is 0.296. The van der Waals surface area contributed by atoms with Crippen molar-refractivity contribution in [3.05, 3.63) is 0 Å². The summed E-state index contributed by atoms with van der Waals surface area (Å²) in [6, 6.07) is 0. The minimum absolute atomic E-state index is 0.0203. The molecule has 1 amide bonds. The highest BCUT2D eigenvalue weighted by atomic mass is 16.5. The van der Waals surface area contributed by atoms with Crippen molar-refractivity contribution >= 4 is 5.91 Å². The fourth-order valence-electron chi connectivity index (χ4n) is 2.10. The van der Waals surface area contributed by atoms with Crippen LogP contribution in [0.1, 0.15) is 26.7 Å². The van der Waals surface area contributed by atoms with E-state index >= 15 is 0 Å². The molecule has 1 unspecified atom stereocenters. The standard InChI is InChI=1S/C12H24N2O3/c1-4-17-10(2)9-14-11(15)12(16-3)5-7-13-8-6-12/h10,13H,4-9H2,1-3H3,(H,14,15). The summed E-state index contributed by atoms with van der Waals surface area (Å²) in [4.78, 5) is 12.1. The number of nitrogens with one attached hydrogen (secondary N) is 2. The topological polar surface area (TPSA) is 59.6 Å². The van der Waals surface area contributed by atoms with E-state index in [9.17, 15) is 4.79 Å². The van der Waals surface area contributed by atoms with Gasteiger partial charge in [-0.25, -0.2) is 0 Å². The van der Waals surface area contributed by atoms with E-state index in [0.717, 1.165) is 25.9 Å². The largest absolute Gasteiger partial charge is 0.377 e. The number of methoxy groups -OCH3 is 1. The first kappa shape index (κ1) is 14.4. The molecule has 17 heavy (non-hydrogen) atoms. The molecule has 0 radical (unpaired) electrons. The van der Waals surface area contributed by atoms with Gasteiger partial charge in [0.2, 0.25) is 0 Å². The highest BCUT2D eigenvalue weighted by Gasteiger charge is 2.39.